The molecular weight excluding hydrogens is 160 g/mol. The maximum atomic E-state index is 5.05. The molecule has 0 amide bonds. The van der Waals surface area contributed by atoms with Crippen molar-refractivity contribution >= 4 is 18.0 Å². The SMILES string of the molecule is Cn1nc2ncccn2c1=S. The van der Waals surface area contributed by atoms with Crippen LogP contribution in [0.5, 0.6) is 0 Å². The van der Waals surface area contributed by atoms with Gasteiger partial charge in [0.1, 0.15) is 0 Å². The molecule has 0 N–H and O–H groups in total. The third-order valence-electron chi connectivity index (χ3n) is 1.45. The number of rotatable bonds is 0. The summed E-state index contributed by atoms with van der Waals surface area (Å²) in [5, 5.41) is 4.08. The van der Waals surface area contributed by atoms with E-state index in [-0.39, 0.29) is 0 Å². The van der Waals surface area contributed by atoms with Gasteiger partial charge in [-0.05, 0) is 18.3 Å². The summed E-state index contributed by atoms with van der Waals surface area (Å²) in [4.78, 5) is 4.03. The molecule has 0 saturated heterocycles. The van der Waals surface area contributed by atoms with Crippen LogP contribution >= 0.6 is 12.2 Å². The molecule has 0 radical (unpaired) electrons. The first-order valence-corrected chi connectivity index (χ1v) is 3.56. The molecule has 0 fully saturated rings. The number of hydrogen-bond acceptors (Lipinski definition) is 3. The molecule has 0 spiro atoms. The second kappa shape index (κ2) is 2.13. The minimum absolute atomic E-state index is 0.639. The average Bonchev–Trinajstić information content (AvgIpc) is 2.30. The molecule has 2 aromatic rings. The first-order valence-electron chi connectivity index (χ1n) is 3.15. The van der Waals surface area contributed by atoms with E-state index < -0.39 is 0 Å². The quantitative estimate of drug-likeness (QED) is 0.543. The van der Waals surface area contributed by atoms with Crippen LogP contribution in [0.15, 0.2) is 18.5 Å². The smallest absolute Gasteiger partial charge is 0.253 e. The molecule has 2 heterocycles. The summed E-state index contributed by atoms with van der Waals surface area (Å²) in [7, 11) is 1.80. The number of aryl methyl sites for hydroxylation is 1. The minimum atomic E-state index is 0.639. The molecule has 0 aliphatic rings. The van der Waals surface area contributed by atoms with Crippen LogP contribution in [0.4, 0.5) is 0 Å². The van der Waals surface area contributed by atoms with Gasteiger partial charge >= 0.3 is 0 Å². The third kappa shape index (κ3) is 0.848. The van der Waals surface area contributed by atoms with Gasteiger partial charge in [-0.25, -0.2) is 9.67 Å². The van der Waals surface area contributed by atoms with E-state index in [4.69, 9.17) is 12.2 Å². The zero-order chi connectivity index (χ0) is 7.84. The summed E-state index contributed by atoms with van der Waals surface area (Å²) in [5.74, 6) is 0.639. The molecule has 56 valence electrons. The fourth-order valence-corrected chi connectivity index (χ4v) is 1.10. The normalized spacial score (nSPS) is 10.6. The fraction of sp³-hybridized carbons (Fsp3) is 0.167. The lowest BCUT2D eigenvalue weighted by Crippen LogP contribution is -1.88. The molecule has 0 aliphatic heterocycles. The second-order valence-corrected chi connectivity index (χ2v) is 2.56. The zero-order valence-corrected chi connectivity index (χ0v) is 6.75. The Morgan fingerprint density at radius 2 is 2.36 bits per heavy atom. The van der Waals surface area contributed by atoms with Crippen LogP contribution < -0.4 is 0 Å². The highest BCUT2D eigenvalue weighted by Gasteiger charge is 1.97. The van der Waals surface area contributed by atoms with Crippen molar-refractivity contribution in [3.63, 3.8) is 0 Å². The summed E-state index contributed by atoms with van der Waals surface area (Å²) in [5.41, 5.74) is 0. The van der Waals surface area contributed by atoms with E-state index >= 15 is 0 Å². The lowest BCUT2D eigenvalue weighted by molar-refractivity contribution is 0.755. The third-order valence-corrected chi connectivity index (χ3v) is 1.91. The molecule has 2 aromatic heterocycles. The molecular formula is C6H6N4S. The summed E-state index contributed by atoms with van der Waals surface area (Å²) < 4.78 is 4.04. The number of nitrogens with zero attached hydrogens (tertiary/aromatic N) is 4. The average molecular weight is 166 g/mol. The Kier molecular flexibility index (Phi) is 1.25. The van der Waals surface area contributed by atoms with Gasteiger partial charge in [-0.15, -0.1) is 5.10 Å². The van der Waals surface area contributed by atoms with Gasteiger partial charge in [0.15, 0.2) is 0 Å². The Bertz CT molecular complexity index is 441. The van der Waals surface area contributed by atoms with E-state index in [1.165, 1.54) is 0 Å². The van der Waals surface area contributed by atoms with E-state index in [1.54, 1.807) is 22.3 Å². The minimum Gasteiger partial charge on any atom is -0.259 e. The van der Waals surface area contributed by atoms with Crippen LogP contribution in [0, 0.1) is 4.77 Å². The summed E-state index contributed by atoms with van der Waals surface area (Å²) >= 11 is 5.05. The number of aromatic nitrogens is 4. The monoisotopic (exact) mass is 166 g/mol. The Morgan fingerprint density at radius 1 is 1.55 bits per heavy atom. The van der Waals surface area contributed by atoms with Crippen molar-refractivity contribution in [1.29, 1.82) is 0 Å². The standard InChI is InChI=1S/C6H6N4S/c1-9-6(11)10-4-2-3-7-5(10)8-9/h2-4H,1H3. The van der Waals surface area contributed by atoms with Crippen LogP contribution in [0.2, 0.25) is 0 Å². The van der Waals surface area contributed by atoms with Crippen LogP contribution in [0.3, 0.4) is 0 Å². The van der Waals surface area contributed by atoms with E-state index in [0.717, 1.165) is 0 Å². The lowest BCUT2D eigenvalue weighted by Gasteiger charge is -1.85. The predicted octanol–water partition coefficient (Wildman–Crippen LogP) is 0.797. The Labute approximate surface area is 68.1 Å². The Morgan fingerprint density at radius 3 is 3.09 bits per heavy atom. The van der Waals surface area contributed by atoms with E-state index in [1.807, 2.05) is 12.3 Å². The molecule has 0 unspecified atom stereocenters. The largest absolute Gasteiger partial charge is 0.259 e. The second-order valence-electron chi connectivity index (χ2n) is 2.20. The van der Waals surface area contributed by atoms with Crippen molar-refractivity contribution in [3.05, 3.63) is 23.2 Å². The van der Waals surface area contributed by atoms with Gasteiger partial charge in [0.2, 0.25) is 4.77 Å². The van der Waals surface area contributed by atoms with Crippen molar-refractivity contribution in [3.8, 4) is 0 Å². The maximum Gasteiger partial charge on any atom is 0.253 e. The van der Waals surface area contributed by atoms with E-state index in [9.17, 15) is 0 Å². The van der Waals surface area contributed by atoms with Crippen molar-refractivity contribution in [2.45, 2.75) is 0 Å². The van der Waals surface area contributed by atoms with Gasteiger partial charge in [0.05, 0.1) is 0 Å². The van der Waals surface area contributed by atoms with Gasteiger partial charge in [-0.1, -0.05) is 0 Å². The molecule has 0 aromatic carbocycles. The molecule has 0 aliphatic carbocycles. The predicted molar refractivity (Wildman–Crippen MR) is 42.8 cm³/mol. The van der Waals surface area contributed by atoms with E-state index in [2.05, 4.69) is 10.1 Å². The van der Waals surface area contributed by atoms with Crippen molar-refractivity contribution in [2.75, 3.05) is 0 Å². The highest BCUT2D eigenvalue weighted by atomic mass is 32.1. The lowest BCUT2D eigenvalue weighted by atomic mass is 10.7. The number of fused-ring (bicyclic) bond motifs is 1. The fourth-order valence-electron chi connectivity index (χ4n) is 0.919. The molecule has 11 heavy (non-hydrogen) atoms. The Balaban J connectivity index is 3.04. The zero-order valence-electron chi connectivity index (χ0n) is 5.93. The van der Waals surface area contributed by atoms with Crippen LogP contribution in [0.25, 0.3) is 5.78 Å². The van der Waals surface area contributed by atoms with Crippen molar-refractivity contribution in [2.24, 2.45) is 7.05 Å². The van der Waals surface area contributed by atoms with Gasteiger partial charge in [-0.3, -0.25) is 4.40 Å². The highest BCUT2D eigenvalue weighted by Crippen LogP contribution is 1.96. The van der Waals surface area contributed by atoms with Crippen LogP contribution in [-0.4, -0.2) is 19.2 Å². The summed E-state index contributed by atoms with van der Waals surface area (Å²) in [6.07, 6.45) is 3.54. The molecule has 0 saturated carbocycles. The maximum absolute atomic E-state index is 5.05. The first kappa shape index (κ1) is 6.48. The van der Waals surface area contributed by atoms with Gasteiger partial charge in [0, 0.05) is 19.4 Å². The molecule has 4 nitrogen and oxygen atoms in total. The van der Waals surface area contributed by atoms with Crippen LogP contribution in [-0.2, 0) is 7.05 Å². The number of hydrogen-bond donors (Lipinski definition) is 0. The topological polar surface area (TPSA) is 35.1 Å². The molecule has 0 bridgehead atoms. The summed E-state index contributed by atoms with van der Waals surface area (Å²) in [6.45, 7) is 0. The van der Waals surface area contributed by atoms with Crippen molar-refractivity contribution in [1.82, 2.24) is 19.2 Å². The molecule has 0 atom stereocenters. The summed E-state index contributed by atoms with van der Waals surface area (Å²) in [6, 6.07) is 1.82. The molecule has 5 heteroatoms. The van der Waals surface area contributed by atoms with Crippen molar-refractivity contribution < 1.29 is 0 Å². The van der Waals surface area contributed by atoms with Crippen LogP contribution in [0.1, 0.15) is 0 Å². The highest BCUT2D eigenvalue weighted by molar-refractivity contribution is 7.71. The first-order chi connectivity index (χ1) is 5.29. The van der Waals surface area contributed by atoms with E-state index in [0.29, 0.717) is 10.5 Å². The van der Waals surface area contributed by atoms with Gasteiger partial charge in [-0.2, -0.15) is 0 Å². The Hall–Kier alpha value is -1.23. The van der Waals surface area contributed by atoms with Gasteiger partial charge in [0.25, 0.3) is 5.78 Å². The van der Waals surface area contributed by atoms with Gasteiger partial charge < -0.3 is 0 Å². The molecule has 2 rings (SSSR count).